The van der Waals surface area contributed by atoms with Crippen LogP contribution in [0.3, 0.4) is 0 Å². The summed E-state index contributed by atoms with van der Waals surface area (Å²) in [6.45, 7) is 3.27. The standard InChI is InChI=1S/C15H16N2O/c1-11(18)17-9-8-16-15(17)14-7-6-12-4-2-3-5-13(12)10-14/h2-7,10,15-16H,8-9H2,1H3. The molecule has 1 N–H and O–H groups in total. The highest BCUT2D eigenvalue weighted by Gasteiger charge is 2.27. The molecule has 1 atom stereocenters. The molecule has 18 heavy (non-hydrogen) atoms. The molecule has 3 nitrogen and oxygen atoms in total. The second-order valence-electron chi connectivity index (χ2n) is 4.68. The first-order valence-corrected chi connectivity index (χ1v) is 6.25. The second-order valence-corrected chi connectivity index (χ2v) is 4.68. The normalized spacial score (nSPS) is 19.4. The fourth-order valence-corrected chi connectivity index (χ4v) is 2.58. The van der Waals surface area contributed by atoms with Crippen LogP contribution in [0.25, 0.3) is 10.8 Å². The molecule has 2 aromatic rings. The molecule has 1 heterocycles. The first-order chi connectivity index (χ1) is 8.75. The molecule has 3 heteroatoms. The molecule has 1 fully saturated rings. The predicted octanol–water partition coefficient (Wildman–Crippen LogP) is 2.29. The maximum atomic E-state index is 11.6. The molecule has 1 unspecified atom stereocenters. The SMILES string of the molecule is CC(=O)N1CCNC1c1ccc2ccccc2c1. The maximum Gasteiger partial charge on any atom is 0.221 e. The van der Waals surface area contributed by atoms with Gasteiger partial charge in [-0.05, 0) is 22.4 Å². The lowest BCUT2D eigenvalue weighted by molar-refractivity contribution is -0.129. The van der Waals surface area contributed by atoms with E-state index in [0.29, 0.717) is 0 Å². The van der Waals surface area contributed by atoms with Gasteiger partial charge in [-0.15, -0.1) is 0 Å². The molecule has 2 aromatic carbocycles. The first-order valence-electron chi connectivity index (χ1n) is 6.25. The Labute approximate surface area is 106 Å². The molecule has 1 amide bonds. The highest BCUT2D eigenvalue weighted by molar-refractivity contribution is 5.83. The van der Waals surface area contributed by atoms with Gasteiger partial charge in [-0.2, -0.15) is 0 Å². The van der Waals surface area contributed by atoms with Gasteiger partial charge in [0.05, 0.1) is 0 Å². The van der Waals surface area contributed by atoms with Crippen LogP contribution in [0.5, 0.6) is 0 Å². The number of hydrogen-bond acceptors (Lipinski definition) is 2. The van der Waals surface area contributed by atoms with Gasteiger partial charge < -0.3 is 4.90 Å². The van der Waals surface area contributed by atoms with E-state index in [0.717, 1.165) is 18.7 Å². The Morgan fingerprint density at radius 2 is 2.00 bits per heavy atom. The summed E-state index contributed by atoms with van der Waals surface area (Å²) in [4.78, 5) is 13.5. The van der Waals surface area contributed by atoms with Gasteiger partial charge in [0.25, 0.3) is 0 Å². The zero-order valence-corrected chi connectivity index (χ0v) is 10.4. The molecular weight excluding hydrogens is 224 g/mol. The van der Waals surface area contributed by atoms with E-state index in [4.69, 9.17) is 0 Å². The number of carbonyl (C=O) groups excluding carboxylic acids is 1. The van der Waals surface area contributed by atoms with Crippen molar-refractivity contribution in [2.24, 2.45) is 0 Å². The fraction of sp³-hybridized carbons (Fsp3) is 0.267. The maximum absolute atomic E-state index is 11.6. The molecule has 1 aliphatic heterocycles. The fourth-order valence-electron chi connectivity index (χ4n) is 2.58. The molecule has 1 aliphatic rings. The highest BCUT2D eigenvalue weighted by Crippen LogP contribution is 2.25. The number of benzene rings is 2. The molecule has 0 radical (unpaired) electrons. The van der Waals surface area contributed by atoms with Crippen molar-refractivity contribution < 1.29 is 4.79 Å². The summed E-state index contributed by atoms with van der Waals surface area (Å²) >= 11 is 0. The molecule has 0 aromatic heterocycles. The van der Waals surface area contributed by atoms with Crippen molar-refractivity contribution >= 4 is 16.7 Å². The Bertz CT molecular complexity index is 594. The molecule has 0 aliphatic carbocycles. The number of hydrogen-bond donors (Lipinski definition) is 1. The quantitative estimate of drug-likeness (QED) is 0.829. The molecule has 1 saturated heterocycles. The molecule has 92 valence electrons. The van der Waals surface area contributed by atoms with E-state index in [9.17, 15) is 4.79 Å². The van der Waals surface area contributed by atoms with Crippen molar-refractivity contribution in [2.75, 3.05) is 13.1 Å². The summed E-state index contributed by atoms with van der Waals surface area (Å²) in [5, 5.41) is 5.82. The minimum atomic E-state index is 0.0205. The van der Waals surface area contributed by atoms with E-state index in [1.54, 1.807) is 6.92 Å². The summed E-state index contributed by atoms with van der Waals surface area (Å²) in [6.07, 6.45) is 0.0205. The van der Waals surface area contributed by atoms with Crippen LogP contribution >= 0.6 is 0 Å². The van der Waals surface area contributed by atoms with Crippen LogP contribution in [0.15, 0.2) is 42.5 Å². The van der Waals surface area contributed by atoms with E-state index < -0.39 is 0 Å². The van der Waals surface area contributed by atoms with Crippen LogP contribution in [0, 0.1) is 0 Å². The van der Waals surface area contributed by atoms with Crippen LogP contribution < -0.4 is 5.32 Å². The van der Waals surface area contributed by atoms with Crippen molar-refractivity contribution in [3.63, 3.8) is 0 Å². The number of nitrogens with one attached hydrogen (secondary N) is 1. The van der Waals surface area contributed by atoms with Crippen molar-refractivity contribution in [3.05, 3.63) is 48.0 Å². The van der Waals surface area contributed by atoms with Gasteiger partial charge in [-0.1, -0.05) is 36.4 Å². The minimum Gasteiger partial charge on any atom is -0.322 e. The van der Waals surface area contributed by atoms with Crippen molar-refractivity contribution in [3.8, 4) is 0 Å². The van der Waals surface area contributed by atoms with Crippen molar-refractivity contribution in [1.82, 2.24) is 10.2 Å². The number of carbonyl (C=O) groups is 1. The molecule has 3 rings (SSSR count). The number of fused-ring (bicyclic) bond motifs is 1. The van der Waals surface area contributed by atoms with Gasteiger partial charge in [0.1, 0.15) is 6.17 Å². The van der Waals surface area contributed by atoms with Gasteiger partial charge in [-0.3, -0.25) is 10.1 Å². The number of nitrogens with zero attached hydrogens (tertiary/aromatic N) is 1. The lowest BCUT2D eigenvalue weighted by Gasteiger charge is -2.23. The zero-order chi connectivity index (χ0) is 12.5. The van der Waals surface area contributed by atoms with Gasteiger partial charge in [-0.25, -0.2) is 0 Å². The minimum absolute atomic E-state index is 0.0205. The van der Waals surface area contributed by atoms with E-state index in [1.165, 1.54) is 10.8 Å². The monoisotopic (exact) mass is 240 g/mol. The Morgan fingerprint density at radius 1 is 1.22 bits per heavy atom. The van der Waals surface area contributed by atoms with Crippen LogP contribution in [0.4, 0.5) is 0 Å². The van der Waals surface area contributed by atoms with Crippen molar-refractivity contribution in [1.29, 1.82) is 0 Å². The topological polar surface area (TPSA) is 32.3 Å². The average Bonchev–Trinajstić information content (AvgIpc) is 2.87. The number of rotatable bonds is 1. The van der Waals surface area contributed by atoms with Gasteiger partial charge in [0.2, 0.25) is 5.91 Å². The van der Waals surface area contributed by atoms with Crippen LogP contribution in [0.2, 0.25) is 0 Å². The van der Waals surface area contributed by atoms with E-state index in [2.05, 4.69) is 35.6 Å². The van der Waals surface area contributed by atoms with Gasteiger partial charge in [0.15, 0.2) is 0 Å². The third kappa shape index (κ3) is 1.87. The lowest BCUT2D eigenvalue weighted by Crippen LogP contribution is -2.31. The van der Waals surface area contributed by atoms with Crippen LogP contribution in [0.1, 0.15) is 18.7 Å². The summed E-state index contributed by atoms with van der Waals surface area (Å²) in [5.41, 5.74) is 1.15. The van der Waals surface area contributed by atoms with Crippen LogP contribution in [-0.2, 0) is 4.79 Å². The zero-order valence-electron chi connectivity index (χ0n) is 10.4. The van der Waals surface area contributed by atoms with E-state index in [1.807, 2.05) is 17.0 Å². The van der Waals surface area contributed by atoms with Crippen molar-refractivity contribution in [2.45, 2.75) is 13.1 Å². The third-order valence-electron chi connectivity index (χ3n) is 3.50. The molecular formula is C15H16N2O. The van der Waals surface area contributed by atoms with E-state index in [-0.39, 0.29) is 12.1 Å². The lowest BCUT2D eigenvalue weighted by atomic mass is 10.1. The molecule has 0 spiro atoms. The van der Waals surface area contributed by atoms with E-state index >= 15 is 0 Å². The summed E-state index contributed by atoms with van der Waals surface area (Å²) in [7, 11) is 0. The largest absolute Gasteiger partial charge is 0.322 e. The summed E-state index contributed by atoms with van der Waals surface area (Å²) in [6, 6.07) is 14.7. The highest BCUT2D eigenvalue weighted by atomic mass is 16.2. The predicted molar refractivity (Wildman–Crippen MR) is 72.1 cm³/mol. The third-order valence-corrected chi connectivity index (χ3v) is 3.50. The van der Waals surface area contributed by atoms with Gasteiger partial charge in [0, 0.05) is 20.0 Å². The Morgan fingerprint density at radius 3 is 2.78 bits per heavy atom. The summed E-state index contributed by atoms with van der Waals surface area (Å²) in [5.74, 6) is 0.123. The molecule has 0 bridgehead atoms. The first kappa shape index (κ1) is 11.2. The second kappa shape index (κ2) is 4.42. The van der Waals surface area contributed by atoms with Crippen LogP contribution in [-0.4, -0.2) is 23.9 Å². The molecule has 0 saturated carbocycles. The Balaban J connectivity index is 2.01. The average molecular weight is 240 g/mol. The van der Waals surface area contributed by atoms with Gasteiger partial charge >= 0.3 is 0 Å². The summed E-state index contributed by atoms with van der Waals surface area (Å²) < 4.78 is 0. The number of amides is 1. The Kier molecular flexibility index (Phi) is 2.76. The Hall–Kier alpha value is -1.87. The smallest absolute Gasteiger partial charge is 0.221 e.